The van der Waals surface area contributed by atoms with Crippen molar-refractivity contribution in [1.82, 2.24) is 9.97 Å². The number of hydrogen-bond donors (Lipinski definition) is 1. The number of fused-ring (bicyclic) bond motifs is 1. The summed E-state index contributed by atoms with van der Waals surface area (Å²) in [6, 6.07) is 7.86. The lowest BCUT2D eigenvalue weighted by Gasteiger charge is -2.00. The second-order valence-electron chi connectivity index (χ2n) is 4.70. The molecule has 0 spiro atoms. The summed E-state index contributed by atoms with van der Waals surface area (Å²) >= 11 is 0. The summed E-state index contributed by atoms with van der Waals surface area (Å²) in [5, 5.41) is 0.969. The topological polar surface area (TPSA) is 45.8 Å². The number of aromatic amines is 1. The van der Waals surface area contributed by atoms with E-state index in [1.54, 1.807) is 12.4 Å². The Morgan fingerprint density at radius 3 is 2.74 bits per heavy atom. The minimum absolute atomic E-state index is 0.700. The van der Waals surface area contributed by atoms with E-state index >= 15 is 0 Å². The van der Waals surface area contributed by atoms with Crippen molar-refractivity contribution in [2.45, 2.75) is 13.8 Å². The summed E-state index contributed by atoms with van der Waals surface area (Å²) < 4.78 is 0. The predicted molar refractivity (Wildman–Crippen MR) is 76.4 cm³/mol. The van der Waals surface area contributed by atoms with Crippen molar-refractivity contribution >= 4 is 17.2 Å². The quantitative estimate of drug-likeness (QED) is 0.705. The fourth-order valence-electron chi connectivity index (χ4n) is 2.39. The maximum atomic E-state index is 11.4. The fourth-order valence-corrected chi connectivity index (χ4v) is 2.39. The van der Waals surface area contributed by atoms with Gasteiger partial charge in [0.05, 0.1) is 5.69 Å². The van der Waals surface area contributed by atoms with E-state index in [4.69, 9.17) is 0 Å². The number of hydrogen-bond acceptors (Lipinski definition) is 2. The highest BCUT2D eigenvalue weighted by atomic mass is 16.1. The Morgan fingerprint density at radius 2 is 2.05 bits per heavy atom. The molecule has 0 unspecified atom stereocenters. The van der Waals surface area contributed by atoms with Crippen LogP contribution in [0.5, 0.6) is 0 Å². The molecule has 94 valence electrons. The minimum Gasteiger partial charge on any atom is -0.354 e. The van der Waals surface area contributed by atoms with Crippen LogP contribution in [0.1, 0.15) is 21.5 Å². The Labute approximate surface area is 111 Å². The summed E-state index contributed by atoms with van der Waals surface area (Å²) in [4.78, 5) is 18.9. The molecule has 0 aliphatic heterocycles. The van der Waals surface area contributed by atoms with E-state index in [1.165, 1.54) is 11.1 Å². The van der Waals surface area contributed by atoms with Gasteiger partial charge in [0.25, 0.3) is 0 Å². The number of aldehydes is 1. The minimum atomic E-state index is 0.700. The first-order valence-corrected chi connectivity index (χ1v) is 6.20. The SMILES string of the molecule is Cc1ccc2c(C=O)c(-c3cccnc3)[nH]c2c1C. The standard InChI is InChI=1S/C16H14N2O/c1-10-5-6-13-14(9-19)16(18-15(13)11(10)2)12-4-3-7-17-8-12/h3-9,18H,1-2H3. The zero-order valence-corrected chi connectivity index (χ0v) is 10.9. The molecular formula is C16H14N2O. The Balaban J connectivity index is 2.38. The Kier molecular flexibility index (Phi) is 2.67. The lowest BCUT2D eigenvalue weighted by Crippen LogP contribution is -1.84. The Morgan fingerprint density at radius 1 is 1.21 bits per heavy atom. The zero-order chi connectivity index (χ0) is 13.4. The van der Waals surface area contributed by atoms with Crippen LogP contribution in [-0.4, -0.2) is 16.3 Å². The van der Waals surface area contributed by atoms with E-state index in [9.17, 15) is 4.79 Å². The number of nitrogens with zero attached hydrogens (tertiary/aromatic N) is 1. The number of nitrogens with one attached hydrogen (secondary N) is 1. The van der Waals surface area contributed by atoms with Crippen molar-refractivity contribution in [3.05, 3.63) is 53.3 Å². The summed E-state index contributed by atoms with van der Waals surface area (Å²) in [7, 11) is 0. The number of carbonyl (C=O) groups is 1. The van der Waals surface area contributed by atoms with Crippen LogP contribution in [0.3, 0.4) is 0 Å². The number of H-pyrrole nitrogens is 1. The van der Waals surface area contributed by atoms with Gasteiger partial charge in [0, 0.05) is 34.4 Å². The van der Waals surface area contributed by atoms with Gasteiger partial charge in [-0.1, -0.05) is 12.1 Å². The largest absolute Gasteiger partial charge is 0.354 e. The van der Waals surface area contributed by atoms with Crippen LogP contribution < -0.4 is 0 Å². The second-order valence-corrected chi connectivity index (χ2v) is 4.70. The number of rotatable bonds is 2. The summed E-state index contributed by atoms with van der Waals surface area (Å²) in [5.74, 6) is 0. The lowest BCUT2D eigenvalue weighted by molar-refractivity contribution is 0.112. The van der Waals surface area contributed by atoms with Crippen LogP contribution in [-0.2, 0) is 0 Å². The monoisotopic (exact) mass is 250 g/mol. The van der Waals surface area contributed by atoms with Gasteiger partial charge in [-0.3, -0.25) is 9.78 Å². The molecule has 0 atom stereocenters. The molecule has 19 heavy (non-hydrogen) atoms. The van der Waals surface area contributed by atoms with E-state index < -0.39 is 0 Å². The van der Waals surface area contributed by atoms with Crippen LogP contribution in [0.2, 0.25) is 0 Å². The highest BCUT2D eigenvalue weighted by molar-refractivity contribution is 6.05. The van der Waals surface area contributed by atoms with Crippen LogP contribution in [0.15, 0.2) is 36.7 Å². The highest BCUT2D eigenvalue weighted by Crippen LogP contribution is 2.31. The van der Waals surface area contributed by atoms with Gasteiger partial charge in [0.2, 0.25) is 0 Å². The number of aryl methyl sites for hydroxylation is 2. The molecule has 0 aliphatic rings. The van der Waals surface area contributed by atoms with Crippen LogP contribution >= 0.6 is 0 Å². The molecule has 2 heterocycles. The van der Waals surface area contributed by atoms with E-state index in [1.807, 2.05) is 24.3 Å². The normalized spacial score (nSPS) is 10.8. The maximum Gasteiger partial charge on any atom is 0.152 e. The van der Waals surface area contributed by atoms with Gasteiger partial charge in [0.1, 0.15) is 0 Å². The van der Waals surface area contributed by atoms with Crippen molar-refractivity contribution in [2.24, 2.45) is 0 Å². The molecule has 2 aromatic heterocycles. The first-order chi connectivity index (χ1) is 9.22. The van der Waals surface area contributed by atoms with Gasteiger partial charge < -0.3 is 4.98 Å². The van der Waals surface area contributed by atoms with Crippen molar-refractivity contribution in [2.75, 3.05) is 0 Å². The Bertz CT molecular complexity index is 757. The van der Waals surface area contributed by atoms with Crippen LogP contribution in [0.4, 0.5) is 0 Å². The summed E-state index contributed by atoms with van der Waals surface area (Å²) in [6.45, 7) is 4.13. The number of aromatic nitrogens is 2. The maximum absolute atomic E-state index is 11.4. The zero-order valence-electron chi connectivity index (χ0n) is 10.9. The van der Waals surface area contributed by atoms with E-state index in [0.717, 1.165) is 28.4 Å². The molecule has 0 fully saturated rings. The average molecular weight is 250 g/mol. The Hall–Kier alpha value is -2.42. The van der Waals surface area contributed by atoms with Crippen molar-refractivity contribution in [3.63, 3.8) is 0 Å². The first kappa shape index (κ1) is 11.7. The van der Waals surface area contributed by atoms with E-state index in [0.29, 0.717) is 5.56 Å². The molecule has 0 saturated carbocycles. The third-order valence-electron chi connectivity index (χ3n) is 3.61. The predicted octanol–water partition coefficient (Wildman–Crippen LogP) is 3.66. The number of benzene rings is 1. The third kappa shape index (κ3) is 1.74. The lowest BCUT2D eigenvalue weighted by atomic mass is 10.0. The molecule has 3 aromatic rings. The first-order valence-electron chi connectivity index (χ1n) is 6.20. The van der Waals surface area contributed by atoms with Gasteiger partial charge in [-0.2, -0.15) is 0 Å². The summed E-state index contributed by atoms with van der Waals surface area (Å²) in [6.07, 6.45) is 4.40. The second kappa shape index (κ2) is 4.35. The van der Waals surface area contributed by atoms with E-state index in [-0.39, 0.29) is 0 Å². The molecule has 3 nitrogen and oxygen atoms in total. The third-order valence-corrected chi connectivity index (χ3v) is 3.61. The molecule has 3 heteroatoms. The van der Waals surface area contributed by atoms with Crippen LogP contribution in [0.25, 0.3) is 22.2 Å². The summed E-state index contributed by atoms with van der Waals surface area (Å²) in [5.41, 5.74) is 5.89. The van der Waals surface area contributed by atoms with Gasteiger partial charge in [-0.05, 0) is 37.1 Å². The fraction of sp³-hybridized carbons (Fsp3) is 0.125. The molecule has 3 rings (SSSR count). The molecule has 0 saturated heterocycles. The van der Waals surface area contributed by atoms with E-state index in [2.05, 4.69) is 23.8 Å². The van der Waals surface area contributed by atoms with Gasteiger partial charge in [-0.15, -0.1) is 0 Å². The molecule has 0 amide bonds. The van der Waals surface area contributed by atoms with Gasteiger partial charge in [-0.25, -0.2) is 0 Å². The van der Waals surface area contributed by atoms with Crippen molar-refractivity contribution in [1.29, 1.82) is 0 Å². The molecule has 0 bridgehead atoms. The molecule has 0 aliphatic carbocycles. The van der Waals surface area contributed by atoms with Crippen molar-refractivity contribution in [3.8, 4) is 11.3 Å². The molecule has 1 aromatic carbocycles. The smallest absolute Gasteiger partial charge is 0.152 e. The molecular weight excluding hydrogens is 236 g/mol. The number of carbonyl (C=O) groups excluding carboxylic acids is 1. The molecule has 0 radical (unpaired) electrons. The van der Waals surface area contributed by atoms with Crippen LogP contribution in [0, 0.1) is 13.8 Å². The highest BCUT2D eigenvalue weighted by Gasteiger charge is 2.14. The molecule has 1 N–H and O–H groups in total. The average Bonchev–Trinajstić information content (AvgIpc) is 2.83. The van der Waals surface area contributed by atoms with Crippen molar-refractivity contribution < 1.29 is 4.79 Å². The van der Waals surface area contributed by atoms with Gasteiger partial charge >= 0.3 is 0 Å². The van der Waals surface area contributed by atoms with Gasteiger partial charge in [0.15, 0.2) is 6.29 Å². The number of pyridine rings is 1.